The van der Waals surface area contributed by atoms with E-state index in [0.29, 0.717) is 6.42 Å². The number of carbonyl (C=O) groups is 1. The van der Waals surface area contributed by atoms with Gasteiger partial charge in [0.25, 0.3) is 0 Å². The van der Waals surface area contributed by atoms with Crippen molar-refractivity contribution in [2.45, 2.75) is 59.4 Å². The van der Waals surface area contributed by atoms with Crippen LogP contribution >= 0.6 is 0 Å². The number of Topliss-reactive ketones (excluding diaryl/α,β-unsaturated/α-hetero) is 1. The van der Waals surface area contributed by atoms with Crippen molar-refractivity contribution in [2.24, 2.45) is 5.41 Å². The van der Waals surface area contributed by atoms with Gasteiger partial charge in [0.05, 0.1) is 11.5 Å². The molecule has 0 N–H and O–H groups in total. The molecule has 0 radical (unpaired) electrons. The fraction of sp³-hybridized carbons (Fsp3) is 0.625. The Morgan fingerprint density at radius 1 is 1.42 bits per heavy atom. The van der Waals surface area contributed by atoms with E-state index < -0.39 is 0 Å². The van der Waals surface area contributed by atoms with Gasteiger partial charge in [-0.05, 0) is 39.2 Å². The molecule has 0 unspecified atom stereocenters. The fourth-order valence-corrected chi connectivity index (χ4v) is 2.03. The van der Waals surface area contributed by atoms with Gasteiger partial charge in [-0.3, -0.25) is 4.79 Å². The molecule has 0 spiro atoms. The van der Waals surface area contributed by atoms with Crippen LogP contribution in [0.25, 0.3) is 0 Å². The molecule has 104 valence electrons. The van der Waals surface area contributed by atoms with Crippen molar-refractivity contribution in [3.63, 3.8) is 0 Å². The van der Waals surface area contributed by atoms with Crippen LogP contribution in [0.5, 0.6) is 0 Å². The second kappa shape index (κ2) is 7.13. The zero-order chi connectivity index (χ0) is 14.3. The van der Waals surface area contributed by atoms with Gasteiger partial charge in [-0.25, -0.2) is 0 Å². The number of hydrogen-bond acceptors (Lipinski definition) is 2. The molecule has 0 atom stereocenters. The third-order valence-electron chi connectivity index (χ3n) is 3.32. The summed E-state index contributed by atoms with van der Waals surface area (Å²) in [5, 5.41) is 8.93. The molecule has 1 aromatic heterocycles. The molecular formula is C16H24N2O. The maximum atomic E-state index is 11.7. The van der Waals surface area contributed by atoms with Crippen molar-refractivity contribution < 1.29 is 4.79 Å². The monoisotopic (exact) mass is 260 g/mol. The minimum absolute atomic E-state index is 0.223. The number of aryl methyl sites for hydroxylation is 1. The van der Waals surface area contributed by atoms with E-state index in [0.717, 1.165) is 37.8 Å². The second-order valence-corrected chi connectivity index (χ2v) is 5.76. The average Bonchev–Trinajstić information content (AvgIpc) is 2.84. The molecular weight excluding hydrogens is 236 g/mol. The first-order valence-corrected chi connectivity index (χ1v) is 7.09. The SMILES string of the molecule is CCCC(=O)c1ccn(CCCCC(C)(C)C#N)c1. The van der Waals surface area contributed by atoms with Gasteiger partial charge in [-0.2, -0.15) is 5.26 Å². The lowest BCUT2D eigenvalue weighted by Gasteiger charge is -2.14. The maximum absolute atomic E-state index is 11.7. The Morgan fingerprint density at radius 3 is 2.79 bits per heavy atom. The molecule has 0 aromatic carbocycles. The first-order valence-electron chi connectivity index (χ1n) is 7.09. The Hall–Kier alpha value is -1.56. The Balaban J connectivity index is 2.35. The normalized spacial score (nSPS) is 11.3. The number of ketones is 1. The summed E-state index contributed by atoms with van der Waals surface area (Å²) in [7, 11) is 0. The highest BCUT2D eigenvalue weighted by molar-refractivity contribution is 5.95. The predicted molar refractivity (Wildman–Crippen MR) is 76.9 cm³/mol. The molecule has 0 fully saturated rings. The van der Waals surface area contributed by atoms with E-state index in [1.54, 1.807) is 0 Å². The van der Waals surface area contributed by atoms with Gasteiger partial charge in [0.15, 0.2) is 5.78 Å². The molecule has 0 aliphatic rings. The van der Waals surface area contributed by atoms with Crippen LogP contribution in [0.15, 0.2) is 18.5 Å². The molecule has 0 aliphatic carbocycles. The molecule has 1 aromatic rings. The number of nitriles is 1. The summed E-state index contributed by atoms with van der Waals surface area (Å²) in [6.07, 6.45) is 8.43. The van der Waals surface area contributed by atoms with Crippen LogP contribution in [-0.4, -0.2) is 10.4 Å². The highest BCUT2D eigenvalue weighted by atomic mass is 16.1. The summed E-state index contributed by atoms with van der Waals surface area (Å²) < 4.78 is 2.07. The van der Waals surface area contributed by atoms with E-state index >= 15 is 0 Å². The molecule has 1 heterocycles. The standard InChI is InChI=1S/C16H24N2O/c1-4-7-15(19)14-8-11-18(12-14)10-6-5-9-16(2,3)13-17/h8,11-12H,4-7,9-10H2,1-3H3. The van der Waals surface area contributed by atoms with Crippen LogP contribution in [0.1, 0.15) is 63.2 Å². The highest BCUT2D eigenvalue weighted by Crippen LogP contribution is 2.21. The Bertz CT molecular complexity index is 452. The summed E-state index contributed by atoms with van der Waals surface area (Å²) in [4.78, 5) is 11.7. The van der Waals surface area contributed by atoms with Crippen LogP contribution in [0.3, 0.4) is 0 Å². The minimum atomic E-state index is -0.223. The number of unbranched alkanes of at least 4 members (excludes halogenated alkanes) is 1. The number of carbonyl (C=O) groups excluding carboxylic acids is 1. The summed E-state index contributed by atoms with van der Waals surface area (Å²) in [6.45, 7) is 6.89. The number of hydrogen-bond donors (Lipinski definition) is 0. The number of rotatable bonds is 8. The Morgan fingerprint density at radius 2 is 2.16 bits per heavy atom. The van der Waals surface area contributed by atoms with Crippen molar-refractivity contribution >= 4 is 5.78 Å². The van der Waals surface area contributed by atoms with E-state index in [1.807, 2.05) is 39.2 Å². The lowest BCUT2D eigenvalue weighted by Crippen LogP contribution is -2.07. The Labute approximate surface area is 116 Å². The second-order valence-electron chi connectivity index (χ2n) is 5.76. The van der Waals surface area contributed by atoms with Gasteiger partial charge >= 0.3 is 0 Å². The molecule has 3 heteroatoms. The van der Waals surface area contributed by atoms with Gasteiger partial charge in [0.1, 0.15) is 0 Å². The lowest BCUT2D eigenvalue weighted by molar-refractivity contribution is 0.0981. The summed E-state index contributed by atoms with van der Waals surface area (Å²) in [5.74, 6) is 0.229. The minimum Gasteiger partial charge on any atom is -0.354 e. The Kier molecular flexibility index (Phi) is 5.82. The van der Waals surface area contributed by atoms with Crippen LogP contribution in [0.4, 0.5) is 0 Å². The third kappa shape index (κ3) is 5.30. The van der Waals surface area contributed by atoms with E-state index in [4.69, 9.17) is 5.26 Å². The first kappa shape index (κ1) is 15.5. The maximum Gasteiger partial charge on any atom is 0.164 e. The zero-order valence-corrected chi connectivity index (χ0v) is 12.3. The molecule has 3 nitrogen and oxygen atoms in total. The van der Waals surface area contributed by atoms with Crippen molar-refractivity contribution in [3.8, 4) is 6.07 Å². The molecule has 0 saturated heterocycles. The van der Waals surface area contributed by atoms with Gasteiger partial charge in [-0.15, -0.1) is 0 Å². The van der Waals surface area contributed by atoms with E-state index in [-0.39, 0.29) is 11.2 Å². The van der Waals surface area contributed by atoms with Crippen molar-refractivity contribution in [1.29, 1.82) is 5.26 Å². The van der Waals surface area contributed by atoms with Crippen LogP contribution in [0, 0.1) is 16.7 Å². The fourth-order valence-electron chi connectivity index (χ4n) is 2.03. The smallest absolute Gasteiger partial charge is 0.164 e. The summed E-state index contributed by atoms with van der Waals surface area (Å²) in [5.41, 5.74) is 0.595. The average molecular weight is 260 g/mol. The number of nitrogens with zero attached hydrogens (tertiary/aromatic N) is 2. The van der Waals surface area contributed by atoms with E-state index in [9.17, 15) is 4.79 Å². The highest BCUT2D eigenvalue weighted by Gasteiger charge is 2.15. The molecule has 0 aliphatic heterocycles. The van der Waals surface area contributed by atoms with Crippen molar-refractivity contribution in [1.82, 2.24) is 4.57 Å². The molecule has 0 saturated carbocycles. The van der Waals surface area contributed by atoms with Gasteiger partial charge < -0.3 is 4.57 Å². The summed E-state index contributed by atoms with van der Waals surface area (Å²) in [6, 6.07) is 4.22. The predicted octanol–water partition coefficient (Wildman–Crippen LogP) is 4.19. The summed E-state index contributed by atoms with van der Waals surface area (Å²) >= 11 is 0. The van der Waals surface area contributed by atoms with Crippen LogP contribution < -0.4 is 0 Å². The molecule has 0 amide bonds. The van der Waals surface area contributed by atoms with E-state index in [2.05, 4.69) is 10.6 Å². The van der Waals surface area contributed by atoms with Crippen molar-refractivity contribution in [2.75, 3.05) is 0 Å². The quantitative estimate of drug-likeness (QED) is 0.519. The van der Waals surface area contributed by atoms with Crippen LogP contribution in [0.2, 0.25) is 0 Å². The molecule has 0 bridgehead atoms. The first-order chi connectivity index (χ1) is 8.98. The topological polar surface area (TPSA) is 45.8 Å². The largest absolute Gasteiger partial charge is 0.354 e. The van der Waals surface area contributed by atoms with Gasteiger partial charge in [-0.1, -0.05) is 13.3 Å². The zero-order valence-electron chi connectivity index (χ0n) is 12.3. The van der Waals surface area contributed by atoms with Gasteiger partial charge in [0, 0.05) is 30.9 Å². The lowest BCUT2D eigenvalue weighted by atomic mass is 9.89. The number of aromatic nitrogens is 1. The third-order valence-corrected chi connectivity index (χ3v) is 3.32. The van der Waals surface area contributed by atoms with E-state index in [1.165, 1.54) is 0 Å². The van der Waals surface area contributed by atoms with Crippen molar-refractivity contribution in [3.05, 3.63) is 24.0 Å². The van der Waals surface area contributed by atoms with Gasteiger partial charge in [0.2, 0.25) is 0 Å². The van der Waals surface area contributed by atoms with Crippen LogP contribution in [-0.2, 0) is 6.54 Å². The molecule has 19 heavy (non-hydrogen) atoms. The molecule has 1 rings (SSSR count).